The van der Waals surface area contributed by atoms with E-state index in [1.165, 1.54) is 30.3 Å². The van der Waals surface area contributed by atoms with Crippen molar-refractivity contribution in [3.8, 4) is 0 Å². The number of rotatable bonds is 7. The lowest BCUT2D eigenvalue weighted by Crippen LogP contribution is -2.32. The third-order valence-corrected chi connectivity index (χ3v) is 7.49. The molecule has 0 aromatic heterocycles. The van der Waals surface area contributed by atoms with Gasteiger partial charge in [0.05, 0.1) is 29.3 Å². The Hall–Kier alpha value is -2.58. The van der Waals surface area contributed by atoms with Crippen molar-refractivity contribution in [2.45, 2.75) is 31.9 Å². The van der Waals surface area contributed by atoms with E-state index in [2.05, 4.69) is 0 Å². The molecule has 9 heteroatoms. The van der Waals surface area contributed by atoms with Crippen molar-refractivity contribution in [1.82, 2.24) is 0 Å². The van der Waals surface area contributed by atoms with E-state index < -0.39 is 16.0 Å². The van der Waals surface area contributed by atoms with Crippen LogP contribution in [0.15, 0.2) is 59.5 Å². The molecule has 3 aromatic carbocycles. The SMILES string of the molecule is Cc1cc(CO)cc(S(=O)(=O)N(Cc2c(Cl)cccc2Cl)c2cccc(C(=O)O)c2C)c1. The van der Waals surface area contributed by atoms with Crippen LogP contribution in [-0.4, -0.2) is 24.6 Å². The molecule has 0 bridgehead atoms. The topological polar surface area (TPSA) is 94.9 Å². The zero-order valence-electron chi connectivity index (χ0n) is 17.3. The highest BCUT2D eigenvalue weighted by atomic mass is 35.5. The van der Waals surface area contributed by atoms with Crippen molar-refractivity contribution in [2.24, 2.45) is 0 Å². The van der Waals surface area contributed by atoms with Crippen LogP contribution in [0.4, 0.5) is 5.69 Å². The van der Waals surface area contributed by atoms with Crippen LogP contribution in [0.2, 0.25) is 10.0 Å². The van der Waals surface area contributed by atoms with Gasteiger partial charge in [0.15, 0.2) is 0 Å². The molecule has 0 radical (unpaired) electrons. The Morgan fingerprint density at radius 2 is 1.62 bits per heavy atom. The molecule has 3 aromatic rings. The normalized spacial score (nSPS) is 11.4. The number of carboxylic acids is 1. The van der Waals surface area contributed by atoms with Crippen LogP contribution in [0.1, 0.15) is 32.6 Å². The number of sulfonamides is 1. The summed E-state index contributed by atoms with van der Waals surface area (Å²) in [5.74, 6) is -1.17. The second-order valence-electron chi connectivity index (χ2n) is 7.28. The molecule has 0 aliphatic carbocycles. The Morgan fingerprint density at radius 3 is 2.22 bits per heavy atom. The Morgan fingerprint density at radius 1 is 1.00 bits per heavy atom. The lowest BCUT2D eigenvalue weighted by atomic mass is 10.1. The fourth-order valence-corrected chi connectivity index (χ4v) is 5.61. The highest BCUT2D eigenvalue weighted by Crippen LogP contribution is 2.34. The predicted octanol–water partition coefficient (Wildman–Crippen LogP) is 5.20. The summed E-state index contributed by atoms with van der Waals surface area (Å²) in [5.41, 5.74) is 1.93. The summed E-state index contributed by atoms with van der Waals surface area (Å²) in [6, 6.07) is 13.8. The number of anilines is 1. The van der Waals surface area contributed by atoms with Crippen LogP contribution >= 0.6 is 23.2 Å². The first kappa shape index (κ1) is 24.1. The number of hydrogen-bond acceptors (Lipinski definition) is 4. The Kier molecular flexibility index (Phi) is 7.15. The van der Waals surface area contributed by atoms with Gasteiger partial charge in [-0.25, -0.2) is 13.2 Å². The minimum absolute atomic E-state index is 0.0201. The maximum Gasteiger partial charge on any atom is 0.336 e. The molecule has 0 atom stereocenters. The standard InChI is InChI=1S/C23H21Cl2NO5S/c1-14-9-16(13-27)11-17(10-14)32(30,31)26(12-19-20(24)6-4-7-21(19)25)22-8-3-5-18(15(22)2)23(28)29/h3-11,27H,12-13H2,1-2H3,(H,28,29). The van der Waals surface area contributed by atoms with E-state index in [9.17, 15) is 23.4 Å². The molecule has 3 rings (SSSR count). The highest BCUT2D eigenvalue weighted by molar-refractivity contribution is 7.92. The molecule has 0 saturated carbocycles. The van der Waals surface area contributed by atoms with Gasteiger partial charge in [-0.05, 0) is 66.9 Å². The highest BCUT2D eigenvalue weighted by Gasteiger charge is 2.29. The van der Waals surface area contributed by atoms with E-state index in [1.807, 2.05) is 0 Å². The number of aliphatic hydroxyl groups excluding tert-OH is 1. The third-order valence-electron chi connectivity index (χ3n) is 5.05. The van der Waals surface area contributed by atoms with Crippen LogP contribution in [-0.2, 0) is 23.2 Å². The number of carboxylic acid groups (broad SMARTS) is 1. The van der Waals surface area contributed by atoms with Gasteiger partial charge in [-0.15, -0.1) is 0 Å². The average molecular weight is 494 g/mol. The van der Waals surface area contributed by atoms with Crippen LogP contribution in [0.5, 0.6) is 0 Å². The fourth-order valence-electron chi connectivity index (χ4n) is 3.44. The number of aryl methyl sites for hydroxylation is 1. The summed E-state index contributed by atoms with van der Waals surface area (Å²) in [5, 5.41) is 19.7. The Labute approximate surface area is 196 Å². The summed E-state index contributed by atoms with van der Waals surface area (Å²) in [6.07, 6.45) is 0. The van der Waals surface area contributed by atoms with Crippen molar-refractivity contribution in [3.05, 3.63) is 92.5 Å². The predicted molar refractivity (Wildman–Crippen MR) is 125 cm³/mol. The molecule has 0 saturated heterocycles. The monoisotopic (exact) mass is 493 g/mol. The van der Waals surface area contributed by atoms with Crippen LogP contribution in [0, 0.1) is 13.8 Å². The first-order chi connectivity index (χ1) is 15.1. The second-order valence-corrected chi connectivity index (χ2v) is 9.96. The maximum atomic E-state index is 13.8. The minimum atomic E-state index is -4.19. The van der Waals surface area contributed by atoms with Gasteiger partial charge in [0.2, 0.25) is 0 Å². The van der Waals surface area contributed by atoms with Crippen LogP contribution < -0.4 is 4.31 Å². The van der Waals surface area contributed by atoms with Crippen molar-refractivity contribution < 1.29 is 23.4 Å². The van der Waals surface area contributed by atoms with Gasteiger partial charge in [0.25, 0.3) is 10.0 Å². The summed E-state index contributed by atoms with van der Waals surface area (Å²) < 4.78 is 28.7. The quantitative estimate of drug-likeness (QED) is 0.471. The van der Waals surface area contributed by atoms with Crippen molar-refractivity contribution in [3.63, 3.8) is 0 Å². The summed E-state index contributed by atoms with van der Waals surface area (Å²) >= 11 is 12.6. The molecular formula is C23H21Cl2NO5S. The fraction of sp³-hybridized carbons (Fsp3) is 0.174. The number of benzene rings is 3. The molecule has 0 unspecified atom stereocenters. The van der Waals surface area contributed by atoms with E-state index in [4.69, 9.17) is 23.2 Å². The molecule has 6 nitrogen and oxygen atoms in total. The summed E-state index contributed by atoms with van der Waals surface area (Å²) in [7, 11) is -4.19. The van der Waals surface area contributed by atoms with E-state index in [0.29, 0.717) is 16.7 Å². The smallest absolute Gasteiger partial charge is 0.336 e. The van der Waals surface area contributed by atoms with Gasteiger partial charge in [0.1, 0.15) is 0 Å². The second kappa shape index (κ2) is 9.50. The van der Waals surface area contributed by atoms with E-state index in [-0.39, 0.29) is 44.9 Å². The summed E-state index contributed by atoms with van der Waals surface area (Å²) in [4.78, 5) is 11.6. The number of halogens is 2. The Balaban J connectivity index is 2.27. The zero-order chi connectivity index (χ0) is 23.6. The molecule has 0 fully saturated rings. The number of aliphatic hydroxyl groups is 1. The first-order valence-corrected chi connectivity index (χ1v) is 11.8. The molecular weight excluding hydrogens is 473 g/mol. The van der Waals surface area contributed by atoms with Gasteiger partial charge in [-0.2, -0.15) is 0 Å². The van der Waals surface area contributed by atoms with Gasteiger partial charge in [-0.1, -0.05) is 41.4 Å². The van der Waals surface area contributed by atoms with Crippen molar-refractivity contribution in [1.29, 1.82) is 0 Å². The molecule has 0 aliphatic rings. The largest absolute Gasteiger partial charge is 0.478 e. The van der Waals surface area contributed by atoms with Crippen molar-refractivity contribution in [2.75, 3.05) is 4.31 Å². The average Bonchev–Trinajstić information content (AvgIpc) is 2.73. The molecule has 0 aliphatic heterocycles. The lowest BCUT2D eigenvalue weighted by Gasteiger charge is -2.28. The minimum Gasteiger partial charge on any atom is -0.478 e. The van der Waals surface area contributed by atoms with Crippen LogP contribution in [0.25, 0.3) is 0 Å². The number of aromatic carboxylic acids is 1. The first-order valence-electron chi connectivity index (χ1n) is 9.56. The number of hydrogen-bond donors (Lipinski definition) is 2. The number of carbonyl (C=O) groups is 1. The van der Waals surface area contributed by atoms with Gasteiger partial charge >= 0.3 is 5.97 Å². The molecule has 0 spiro atoms. The third kappa shape index (κ3) is 4.76. The molecule has 0 heterocycles. The zero-order valence-corrected chi connectivity index (χ0v) is 19.7. The van der Waals surface area contributed by atoms with Gasteiger partial charge in [0, 0.05) is 15.6 Å². The summed E-state index contributed by atoms with van der Waals surface area (Å²) in [6.45, 7) is 2.73. The van der Waals surface area contributed by atoms with Crippen LogP contribution in [0.3, 0.4) is 0 Å². The van der Waals surface area contributed by atoms with Gasteiger partial charge < -0.3 is 10.2 Å². The lowest BCUT2D eigenvalue weighted by molar-refractivity contribution is 0.0696. The van der Waals surface area contributed by atoms with Gasteiger partial charge in [-0.3, -0.25) is 4.31 Å². The van der Waals surface area contributed by atoms with Crippen molar-refractivity contribution >= 4 is 44.9 Å². The number of nitrogens with zero attached hydrogens (tertiary/aromatic N) is 1. The molecule has 32 heavy (non-hydrogen) atoms. The van der Waals surface area contributed by atoms with E-state index >= 15 is 0 Å². The maximum absolute atomic E-state index is 13.8. The van der Waals surface area contributed by atoms with E-state index in [0.717, 1.165) is 4.31 Å². The molecule has 168 valence electrons. The molecule has 2 N–H and O–H groups in total. The molecule has 0 amide bonds. The Bertz CT molecular complexity index is 1270. The van der Waals surface area contributed by atoms with E-state index in [1.54, 1.807) is 38.1 Å².